The highest BCUT2D eigenvalue weighted by molar-refractivity contribution is 5.69. The molecule has 0 aromatic heterocycles. The number of aliphatic hydroxyl groups is 1. The molecule has 0 aliphatic carbocycles. The molecule has 116 valence electrons. The number of carbonyl (C=O) groups is 1. The Balaban J connectivity index is 2.84. The number of aliphatic hydroxyl groups excluding tert-OH is 1. The summed E-state index contributed by atoms with van der Waals surface area (Å²) in [6, 6.07) is -0.278. The van der Waals surface area contributed by atoms with Crippen LogP contribution in [0.25, 0.3) is 0 Å². The van der Waals surface area contributed by atoms with E-state index in [2.05, 4.69) is 6.58 Å². The topological polar surface area (TPSA) is 59.0 Å². The van der Waals surface area contributed by atoms with Gasteiger partial charge >= 0.3 is 6.09 Å². The van der Waals surface area contributed by atoms with Gasteiger partial charge in [-0.3, -0.25) is 4.90 Å². The molecule has 0 bridgehead atoms. The van der Waals surface area contributed by atoms with E-state index in [9.17, 15) is 9.90 Å². The van der Waals surface area contributed by atoms with Crippen molar-refractivity contribution in [3.63, 3.8) is 0 Å². The van der Waals surface area contributed by atoms with Crippen molar-refractivity contribution in [2.75, 3.05) is 6.61 Å². The molecule has 1 aliphatic heterocycles. The summed E-state index contributed by atoms with van der Waals surface area (Å²) < 4.78 is 11.0. The predicted molar refractivity (Wildman–Crippen MR) is 77.3 cm³/mol. The third kappa shape index (κ3) is 4.49. The van der Waals surface area contributed by atoms with Crippen molar-refractivity contribution >= 4 is 6.09 Å². The van der Waals surface area contributed by atoms with Gasteiger partial charge in [-0.1, -0.05) is 6.08 Å². The van der Waals surface area contributed by atoms with Gasteiger partial charge in [0.05, 0.1) is 12.1 Å². The standard InChI is InChI=1S/C15H27NO4/c1-6-8-12(17)11-9-10-13(19-7-2)16(11)14(18)20-15(3,4)5/h6,11-13,17H,1,7-10H2,2-5H3/t11-,12?,13?/m0/s1. The van der Waals surface area contributed by atoms with Crippen molar-refractivity contribution in [1.82, 2.24) is 4.90 Å². The summed E-state index contributed by atoms with van der Waals surface area (Å²) >= 11 is 0. The molecule has 1 aliphatic rings. The summed E-state index contributed by atoms with van der Waals surface area (Å²) in [7, 11) is 0. The number of ether oxygens (including phenoxy) is 2. The molecule has 0 spiro atoms. The molecule has 0 saturated carbocycles. The summed E-state index contributed by atoms with van der Waals surface area (Å²) in [6.07, 6.45) is 2.14. The Bertz CT molecular complexity index is 337. The lowest BCUT2D eigenvalue weighted by Crippen LogP contribution is -2.49. The molecule has 5 nitrogen and oxygen atoms in total. The molecule has 1 saturated heterocycles. The van der Waals surface area contributed by atoms with Gasteiger partial charge in [0.15, 0.2) is 0 Å². The first kappa shape index (κ1) is 17.0. The lowest BCUT2D eigenvalue weighted by Gasteiger charge is -2.34. The molecule has 5 heteroatoms. The van der Waals surface area contributed by atoms with Crippen LogP contribution in [0, 0.1) is 0 Å². The SMILES string of the molecule is C=CCC(O)[C@@H]1CCC(OCC)N1C(=O)OC(C)(C)C. The van der Waals surface area contributed by atoms with Crippen LogP contribution in [0.1, 0.15) is 47.0 Å². The van der Waals surface area contributed by atoms with Crippen LogP contribution in [0.4, 0.5) is 4.79 Å². The quantitative estimate of drug-likeness (QED) is 0.789. The fourth-order valence-electron chi connectivity index (χ4n) is 2.43. The van der Waals surface area contributed by atoms with Gasteiger partial charge in [0, 0.05) is 6.61 Å². The average Bonchev–Trinajstić information content (AvgIpc) is 2.71. The molecule has 1 N–H and O–H groups in total. The van der Waals surface area contributed by atoms with Crippen molar-refractivity contribution in [2.24, 2.45) is 0 Å². The number of hydrogen-bond donors (Lipinski definition) is 1. The Morgan fingerprint density at radius 1 is 1.50 bits per heavy atom. The molecule has 0 radical (unpaired) electrons. The first-order valence-electron chi connectivity index (χ1n) is 7.22. The van der Waals surface area contributed by atoms with Crippen molar-refractivity contribution in [3.8, 4) is 0 Å². The van der Waals surface area contributed by atoms with Crippen LogP contribution >= 0.6 is 0 Å². The van der Waals surface area contributed by atoms with E-state index in [1.54, 1.807) is 11.0 Å². The van der Waals surface area contributed by atoms with Crippen LogP contribution in [0.5, 0.6) is 0 Å². The largest absolute Gasteiger partial charge is 0.444 e. The summed E-state index contributed by atoms with van der Waals surface area (Å²) in [5.41, 5.74) is -0.565. The maximum absolute atomic E-state index is 12.4. The van der Waals surface area contributed by atoms with Gasteiger partial charge in [-0.15, -0.1) is 6.58 Å². The number of nitrogens with zero attached hydrogens (tertiary/aromatic N) is 1. The zero-order valence-corrected chi connectivity index (χ0v) is 13.0. The summed E-state index contributed by atoms with van der Waals surface area (Å²) in [5, 5.41) is 10.2. The molecule has 1 amide bonds. The fraction of sp³-hybridized carbons (Fsp3) is 0.800. The van der Waals surface area contributed by atoms with Crippen LogP contribution in [-0.2, 0) is 9.47 Å². The first-order chi connectivity index (χ1) is 9.30. The molecular formula is C15H27NO4. The monoisotopic (exact) mass is 285 g/mol. The lowest BCUT2D eigenvalue weighted by atomic mass is 10.1. The molecule has 0 aromatic rings. The van der Waals surface area contributed by atoms with Crippen molar-refractivity contribution < 1.29 is 19.4 Å². The van der Waals surface area contributed by atoms with Gasteiger partial charge in [-0.2, -0.15) is 0 Å². The van der Waals surface area contributed by atoms with E-state index in [4.69, 9.17) is 9.47 Å². The molecule has 3 atom stereocenters. The zero-order chi connectivity index (χ0) is 15.3. The minimum absolute atomic E-state index is 0.278. The van der Waals surface area contributed by atoms with Crippen molar-refractivity contribution in [2.45, 2.75) is 70.9 Å². The van der Waals surface area contributed by atoms with Gasteiger partial charge in [0.25, 0.3) is 0 Å². The molecular weight excluding hydrogens is 258 g/mol. The van der Waals surface area contributed by atoms with Gasteiger partial charge in [-0.05, 0) is 47.0 Å². The van der Waals surface area contributed by atoms with E-state index in [1.165, 1.54) is 0 Å². The molecule has 20 heavy (non-hydrogen) atoms. The highest BCUT2D eigenvalue weighted by Crippen LogP contribution is 2.30. The third-order valence-corrected chi connectivity index (χ3v) is 3.19. The van der Waals surface area contributed by atoms with Crippen LogP contribution in [0.15, 0.2) is 12.7 Å². The second-order valence-corrected chi connectivity index (χ2v) is 6.03. The highest BCUT2D eigenvalue weighted by atomic mass is 16.6. The predicted octanol–water partition coefficient (Wildman–Crippen LogP) is 2.69. The number of rotatable bonds is 5. The maximum Gasteiger partial charge on any atom is 0.412 e. The van der Waals surface area contributed by atoms with Gasteiger partial charge in [0.2, 0.25) is 0 Å². The van der Waals surface area contributed by atoms with Crippen LogP contribution < -0.4 is 0 Å². The number of amides is 1. The fourth-order valence-corrected chi connectivity index (χ4v) is 2.43. The van der Waals surface area contributed by atoms with Crippen LogP contribution in [0.3, 0.4) is 0 Å². The third-order valence-electron chi connectivity index (χ3n) is 3.19. The van der Waals surface area contributed by atoms with E-state index < -0.39 is 17.8 Å². The van der Waals surface area contributed by atoms with Crippen molar-refractivity contribution in [1.29, 1.82) is 0 Å². The molecule has 2 unspecified atom stereocenters. The van der Waals surface area contributed by atoms with Gasteiger partial charge < -0.3 is 14.6 Å². The van der Waals surface area contributed by atoms with E-state index in [-0.39, 0.29) is 12.3 Å². The second kappa shape index (κ2) is 7.09. The molecule has 1 fully saturated rings. The molecule has 0 aromatic carbocycles. The number of hydrogen-bond acceptors (Lipinski definition) is 4. The van der Waals surface area contributed by atoms with E-state index in [0.717, 1.165) is 0 Å². The van der Waals surface area contributed by atoms with E-state index >= 15 is 0 Å². The summed E-state index contributed by atoms with van der Waals surface area (Å²) in [5.74, 6) is 0. The Morgan fingerprint density at radius 3 is 2.65 bits per heavy atom. The minimum atomic E-state index is -0.634. The van der Waals surface area contributed by atoms with Gasteiger partial charge in [0.1, 0.15) is 11.8 Å². The lowest BCUT2D eigenvalue weighted by molar-refractivity contribution is -0.0694. The van der Waals surface area contributed by atoms with Crippen LogP contribution in [-0.4, -0.2) is 46.7 Å². The van der Waals surface area contributed by atoms with Crippen molar-refractivity contribution in [3.05, 3.63) is 12.7 Å². The Morgan fingerprint density at radius 2 is 2.15 bits per heavy atom. The smallest absolute Gasteiger partial charge is 0.412 e. The molecule has 1 heterocycles. The summed E-state index contributed by atoms with van der Waals surface area (Å²) in [6.45, 7) is 11.5. The van der Waals surface area contributed by atoms with E-state index in [1.807, 2.05) is 27.7 Å². The Hall–Kier alpha value is -1.07. The summed E-state index contributed by atoms with van der Waals surface area (Å²) in [4.78, 5) is 13.9. The minimum Gasteiger partial charge on any atom is -0.444 e. The van der Waals surface area contributed by atoms with Gasteiger partial charge in [-0.25, -0.2) is 4.79 Å². The highest BCUT2D eigenvalue weighted by Gasteiger charge is 2.42. The first-order valence-corrected chi connectivity index (χ1v) is 7.22. The maximum atomic E-state index is 12.4. The number of likely N-dealkylation sites (tertiary alicyclic amines) is 1. The Labute approximate surface area is 121 Å². The molecule has 1 rings (SSSR count). The number of carbonyl (C=O) groups excluding carboxylic acids is 1. The van der Waals surface area contributed by atoms with Crippen LogP contribution in [0.2, 0.25) is 0 Å². The average molecular weight is 285 g/mol. The second-order valence-electron chi connectivity index (χ2n) is 6.03. The van der Waals surface area contributed by atoms with E-state index in [0.29, 0.717) is 25.9 Å². The normalized spacial score (nSPS) is 24.6. The Kier molecular flexibility index (Phi) is 6.02. The zero-order valence-electron chi connectivity index (χ0n) is 13.0.